The maximum atomic E-state index is 12.8. The minimum atomic E-state index is -0.330. The van der Waals surface area contributed by atoms with E-state index in [1.54, 1.807) is 14.2 Å². The number of rotatable bonds is 3. The Balaban J connectivity index is 1.77. The molecule has 1 aliphatic carbocycles. The number of carbonyl (C=O) groups is 1. The van der Waals surface area contributed by atoms with Gasteiger partial charge in [0.25, 0.3) is 0 Å². The molecule has 1 spiro atoms. The van der Waals surface area contributed by atoms with Gasteiger partial charge in [-0.1, -0.05) is 18.2 Å². The first-order valence-electron chi connectivity index (χ1n) is 9.79. The third-order valence-corrected chi connectivity index (χ3v) is 6.32. The van der Waals surface area contributed by atoms with Crippen LogP contribution in [0.5, 0.6) is 11.5 Å². The number of ether oxygens (including phenoxy) is 3. The van der Waals surface area contributed by atoms with Crippen LogP contribution in [0.1, 0.15) is 35.7 Å². The second-order valence-corrected chi connectivity index (χ2v) is 7.85. The summed E-state index contributed by atoms with van der Waals surface area (Å²) in [4.78, 5) is 18.3. The first-order chi connectivity index (χ1) is 14.1. The number of aromatic nitrogens is 1. The fourth-order valence-electron chi connectivity index (χ4n) is 4.81. The first-order valence-corrected chi connectivity index (χ1v) is 9.79. The SMILES string of the molecule is COC(=O)N1CC2(CC2)c2c([nH]c3ccccc23)C1c1ccc(OC)cc1OC. The Morgan fingerprint density at radius 1 is 1.10 bits per heavy atom. The summed E-state index contributed by atoms with van der Waals surface area (Å²) >= 11 is 0. The van der Waals surface area contributed by atoms with Gasteiger partial charge in [0.15, 0.2) is 0 Å². The average Bonchev–Trinajstić information content (AvgIpc) is 3.41. The molecule has 0 saturated heterocycles. The monoisotopic (exact) mass is 392 g/mol. The van der Waals surface area contributed by atoms with E-state index in [-0.39, 0.29) is 17.6 Å². The Bertz CT molecular complexity index is 1100. The molecule has 0 bridgehead atoms. The van der Waals surface area contributed by atoms with Crippen molar-refractivity contribution < 1.29 is 19.0 Å². The number of hydrogen-bond donors (Lipinski definition) is 1. The predicted octanol–water partition coefficient (Wildman–Crippen LogP) is 4.39. The van der Waals surface area contributed by atoms with Gasteiger partial charge in [0.05, 0.1) is 21.3 Å². The lowest BCUT2D eigenvalue weighted by molar-refractivity contribution is 0.100. The van der Waals surface area contributed by atoms with Crippen LogP contribution < -0.4 is 9.47 Å². The number of amides is 1. The van der Waals surface area contributed by atoms with Crippen LogP contribution in [0.25, 0.3) is 10.9 Å². The molecule has 2 aliphatic rings. The number of benzene rings is 2. The molecule has 1 aliphatic heterocycles. The van der Waals surface area contributed by atoms with E-state index in [4.69, 9.17) is 14.2 Å². The third-order valence-electron chi connectivity index (χ3n) is 6.32. The van der Waals surface area contributed by atoms with Crippen molar-refractivity contribution in [3.8, 4) is 11.5 Å². The smallest absolute Gasteiger partial charge is 0.410 e. The molecule has 2 aromatic carbocycles. The van der Waals surface area contributed by atoms with Crippen molar-refractivity contribution in [3.05, 3.63) is 59.3 Å². The normalized spacial score (nSPS) is 19.1. The van der Waals surface area contributed by atoms with Gasteiger partial charge in [-0.05, 0) is 36.6 Å². The second kappa shape index (κ2) is 6.44. The highest BCUT2D eigenvalue weighted by atomic mass is 16.5. The highest BCUT2D eigenvalue weighted by molar-refractivity contribution is 5.88. The number of para-hydroxylation sites is 1. The van der Waals surface area contributed by atoms with Gasteiger partial charge in [-0.3, -0.25) is 4.90 Å². The van der Waals surface area contributed by atoms with Crippen molar-refractivity contribution in [1.29, 1.82) is 0 Å². The van der Waals surface area contributed by atoms with E-state index >= 15 is 0 Å². The fraction of sp³-hybridized carbons (Fsp3) is 0.348. The molecule has 1 N–H and O–H groups in total. The Hall–Kier alpha value is -3.15. The van der Waals surface area contributed by atoms with Crippen LogP contribution in [-0.2, 0) is 10.2 Å². The summed E-state index contributed by atoms with van der Waals surface area (Å²) in [6.45, 7) is 0.633. The molecule has 1 unspecified atom stereocenters. The second-order valence-electron chi connectivity index (χ2n) is 7.85. The van der Waals surface area contributed by atoms with Crippen molar-refractivity contribution in [3.63, 3.8) is 0 Å². The Kier molecular flexibility index (Phi) is 3.98. The van der Waals surface area contributed by atoms with Gasteiger partial charge in [0.2, 0.25) is 0 Å². The number of aromatic amines is 1. The maximum Gasteiger partial charge on any atom is 0.410 e. The molecular weight excluding hydrogens is 368 g/mol. The van der Waals surface area contributed by atoms with Gasteiger partial charge in [-0.15, -0.1) is 0 Å². The Labute approximate surface area is 169 Å². The minimum Gasteiger partial charge on any atom is -0.497 e. The van der Waals surface area contributed by atoms with Crippen molar-refractivity contribution in [2.75, 3.05) is 27.9 Å². The molecule has 1 aromatic heterocycles. The summed E-state index contributed by atoms with van der Waals surface area (Å²) in [5.74, 6) is 1.39. The van der Waals surface area contributed by atoms with Crippen LogP contribution in [0.15, 0.2) is 42.5 Å². The molecule has 3 aromatic rings. The summed E-state index contributed by atoms with van der Waals surface area (Å²) < 4.78 is 16.2. The molecule has 1 fully saturated rings. The molecule has 29 heavy (non-hydrogen) atoms. The van der Waals surface area contributed by atoms with Gasteiger partial charge in [0, 0.05) is 40.2 Å². The molecule has 6 heteroatoms. The maximum absolute atomic E-state index is 12.8. The summed E-state index contributed by atoms with van der Waals surface area (Å²) in [6.07, 6.45) is 1.81. The van der Waals surface area contributed by atoms with Gasteiger partial charge < -0.3 is 19.2 Å². The topological polar surface area (TPSA) is 63.8 Å². The van der Waals surface area contributed by atoms with E-state index in [0.717, 1.165) is 29.6 Å². The zero-order chi connectivity index (χ0) is 20.2. The average molecular weight is 392 g/mol. The molecule has 6 nitrogen and oxygen atoms in total. The van der Waals surface area contributed by atoms with Gasteiger partial charge >= 0.3 is 6.09 Å². The zero-order valence-electron chi connectivity index (χ0n) is 16.8. The summed E-state index contributed by atoms with van der Waals surface area (Å²) in [5.41, 5.74) is 4.37. The van der Waals surface area contributed by atoms with E-state index in [2.05, 4.69) is 23.2 Å². The van der Waals surface area contributed by atoms with Crippen molar-refractivity contribution in [2.24, 2.45) is 0 Å². The third kappa shape index (κ3) is 2.58. The fourth-order valence-corrected chi connectivity index (χ4v) is 4.81. The number of nitrogens with one attached hydrogen (secondary N) is 1. The number of hydrogen-bond acceptors (Lipinski definition) is 4. The van der Waals surface area contributed by atoms with Crippen LogP contribution in [0, 0.1) is 0 Å². The number of H-pyrrole nitrogens is 1. The van der Waals surface area contributed by atoms with Crippen LogP contribution in [0.2, 0.25) is 0 Å². The number of methoxy groups -OCH3 is 3. The first kappa shape index (κ1) is 17.9. The number of nitrogens with zero attached hydrogens (tertiary/aromatic N) is 1. The van der Waals surface area contributed by atoms with E-state index in [9.17, 15) is 4.79 Å². The van der Waals surface area contributed by atoms with Crippen molar-refractivity contribution >= 4 is 17.0 Å². The van der Waals surface area contributed by atoms with Crippen molar-refractivity contribution in [1.82, 2.24) is 9.88 Å². The van der Waals surface area contributed by atoms with Crippen LogP contribution >= 0.6 is 0 Å². The summed E-state index contributed by atoms with van der Waals surface area (Å²) in [5, 5.41) is 1.24. The number of carbonyl (C=O) groups excluding carboxylic acids is 1. The van der Waals surface area contributed by atoms with Crippen molar-refractivity contribution in [2.45, 2.75) is 24.3 Å². The van der Waals surface area contributed by atoms with E-state index < -0.39 is 0 Å². The quantitative estimate of drug-likeness (QED) is 0.718. The van der Waals surface area contributed by atoms with Gasteiger partial charge in [-0.25, -0.2) is 4.79 Å². The van der Waals surface area contributed by atoms with E-state index in [1.165, 1.54) is 18.1 Å². The molecule has 1 amide bonds. The molecule has 1 atom stereocenters. The molecule has 150 valence electrons. The van der Waals surface area contributed by atoms with Crippen LogP contribution in [0.3, 0.4) is 0 Å². The molecular formula is C23H24N2O4. The number of fused-ring (bicyclic) bond motifs is 4. The lowest BCUT2D eigenvalue weighted by Gasteiger charge is -2.40. The largest absolute Gasteiger partial charge is 0.497 e. The molecule has 5 rings (SSSR count). The summed E-state index contributed by atoms with van der Waals surface area (Å²) in [6, 6.07) is 13.8. The molecule has 1 saturated carbocycles. The lowest BCUT2D eigenvalue weighted by Crippen LogP contribution is -2.45. The Morgan fingerprint density at radius 3 is 2.59 bits per heavy atom. The van der Waals surface area contributed by atoms with Gasteiger partial charge in [0.1, 0.15) is 17.5 Å². The zero-order valence-corrected chi connectivity index (χ0v) is 16.8. The van der Waals surface area contributed by atoms with Gasteiger partial charge in [-0.2, -0.15) is 0 Å². The summed E-state index contributed by atoms with van der Waals surface area (Å²) in [7, 11) is 4.70. The highest BCUT2D eigenvalue weighted by Gasteiger charge is 2.55. The molecule has 2 heterocycles. The highest BCUT2D eigenvalue weighted by Crippen LogP contribution is 2.58. The van der Waals surface area contributed by atoms with Crippen LogP contribution in [0.4, 0.5) is 4.79 Å². The van der Waals surface area contributed by atoms with E-state index in [0.29, 0.717) is 18.0 Å². The molecule has 0 radical (unpaired) electrons. The predicted molar refractivity (Wildman–Crippen MR) is 110 cm³/mol. The minimum absolute atomic E-state index is 0.000663. The standard InChI is InChI=1S/C23H24N2O4/c1-27-14-8-9-16(18(12-14)28-2)21-20-19(15-6-4-5-7-17(15)24-20)23(10-11-23)13-25(21)22(26)29-3/h4-9,12,21,24H,10-11,13H2,1-3H3. The lowest BCUT2D eigenvalue weighted by atomic mass is 9.83. The Morgan fingerprint density at radius 2 is 1.90 bits per heavy atom. The van der Waals surface area contributed by atoms with Crippen LogP contribution in [-0.4, -0.2) is 43.9 Å². The van der Waals surface area contributed by atoms with E-state index in [1.807, 2.05) is 29.2 Å².